The molecule has 1 N–H and O–H groups in total. The Morgan fingerprint density at radius 3 is 2.74 bits per heavy atom. The molecule has 7 heteroatoms. The highest BCUT2D eigenvalue weighted by Gasteiger charge is 2.24. The quantitative estimate of drug-likeness (QED) is 0.452. The van der Waals surface area contributed by atoms with Gasteiger partial charge in [-0.3, -0.25) is 10.1 Å². The number of aliphatic hydroxyl groups is 1. The Balaban J connectivity index is 2.97. The standard InChI is InChI=1S/C12H20N2O4S/c1-4-13(6-7-18-5-2)12-10(14(16)17)8-11(19-12)9(3)15/h8-9,15H,4-7H2,1-3H3. The van der Waals surface area contributed by atoms with E-state index in [-0.39, 0.29) is 5.69 Å². The molecule has 1 aromatic rings. The molecule has 0 saturated heterocycles. The maximum Gasteiger partial charge on any atom is 0.304 e. The minimum absolute atomic E-state index is 0.0549. The number of thiophene rings is 1. The van der Waals surface area contributed by atoms with Crippen LogP contribution in [0.4, 0.5) is 10.7 Å². The van der Waals surface area contributed by atoms with Crippen LogP contribution in [0.2, 0.25) is 0 Å². The molecule has 0 aliphatic rings. The third-order valence-electron chi connectivity index (χ3n) is 2.70. The maximum atomic E-state index is 11.1. The predicted octanol–water partition coefficient (Wildman–Crippen LogP) is 2.57. The number of likely N-dealkylation sites (N-methyl/N-ethyl adjacent to an activating group) is 1. The van der Waals surface area contributed by atoms with E-state index in [1.165, 1.54) is 17.4 Å². The molecular weight excluding hydrogens is 268 g/mol. The molecule has 6 nitrogen and oxygen atoms in total. The molecule has 0 amide bonds. The zero-order valence-electron chi connectivity index (χ0n) is 11.5. The highest BCUT2D eigenvalue weighted by atomic mass is 32.1. The van der Waals surface area contributed by atoms with Crippen LogP contribution in [0.15, 0.2) is 6.07 Å². The summed E-state index contributed by atoms with van der Waals surface area (Å²) in [6.07, 6.45) is -0.692. The van der Waals surface area contributed by atoms with Gasteiger partial charge in [-0.2, -0.15) is 0 Å². The van der Waals surface area contributed by atoms with E-state index in [1.54, 1.807) is 6.92 Å². The van der Waals surface area contributed by atoms with Crippen LogP contribution < -0.4 is 4.90 Å². The molecule has 1 heterocycles. The average molecular weight is 288 g/mol. The molecule has 0 fully saturated rings. The number of ether oxygens (including phenoxy) is 1. The molecule has 0 aliphatic heterocycles. The van der Waals surface area contributed by atoms with E-state index in [0.717, 1.165) is 0 Å². The van der Waals surface area contributed by atoms with Gasteiger partial charge in [0, 0.05) is 30.6 Å². The summed E-state index contributed by atoms with van der Waals surface area (Å²) in [6.45, 7) is 7.88. The molecule has 1 aromatic heterocycles. The van der Waals surface area contributed by atoms with E-state index >= 15 is 0 Å². The Hall–Kier alpha value is -1.18. The summed E-state index contributed by atoms with van der Waals surface area (Å²) in [4.78, 5) is 13.2. The van der Waals surface area contributed by atoms with Gasteiger partial charge in [0.15, 0.2) is 5.00 Å². The van der Waals surface area contributed by atoms with E-state index in [0.29, 0.717) is 36.2 Å². The van der Waals surface area contributed by atoms with Gasteiger partial charge in [-0.25, -0.2) is 0 Å². The second kappa shape index (κ2) is 7.42. The van der Waals surface area contributed by atoms with Gasteiger partial charge in [-0.05, 0) is 20.8 Å². The summed E-state index contributed by atoms with van der Waals surface area (Å²) in [7, 11) is 0. The lowest BCUT2D eigenvalue weighted by Gasteiger charge is -2.20. The zero-order chi connectivity index (χ0) is 14.4. The van der Waals surface area contributed by atoms with Crippen molar-refractivity contribution < 1.29 is 14.8 Å². The molecule has 0 aromatic carbocycles. The molecule has 0 spiro atoms. The molecule has 1 rings (SSSR count). The van der Waals surface area contributed by atoms with Gasteiger partial charge in [-0.15, -0.1) is 11.3 Å². The first-order chi connectivity index (χ1) is 9.01. The van der Waals surface area contributed by atoms with Gasteiger partial charge in [0.25, 0.3) is 0 Å². The first-order valence-electron chi connectivity index (χ1n) is 6.30. The van der Waals surface area contributed by atoms with Crippen molar-refractivity contribution in [1.29, 1.82) is 0 Å². The molecule has 1 atom stereocenters. The Labute approximate surface area is 116 Å². The van der Waals surface area contributed by atoms with Crippen molar-refractivity contribution in [3.8, 4) is 0 Å². The Bertz CT molecular complexity index is 420. The van der Waals surface area contributed by atoms with Gasteiger partial charge >= 0.3 is 5.69 Å². The predicted molar refractivity (Wildman–Crippen MR) is 76.0 cm³/mol. The first-order valence-corrected chi connectivity index (χ1v) is 7.11. The van der Waals surface area contributed by atoms with Crippen molar-refractivity contribution in [2.75, 3.05) is 31.2 Å². The van der Waals surface area contributed by atoms with Crippen LogP contribution in [0.1, 0.15) is 31.8 Å². The summed E-state index contributed by atoms with van der Waals surface area (Å²) in [5.41, 5.74) is 0.0549. The molecule has 0 bridgehead atoms. The highest BCUT2D eigenvalue weighted by Crippen LogP contribution is 2.39. The maximum absolute atomic E-state index is 11.1. The second-order valence-corrected chi connectivity index (χ2v) is 5.11. The lowest BCUT2D eigenvalue weighted by atomic mass is 10.3. The van der Waals surface area contributed by atoms with Crippen molar-refractivity contribution >= 4 is 22.0 Å². The van der Waals surface area contributed by atoms with Crippen LogP contribution in [0.3, 0.4) is 0 Å². The third kappa shape index (κ3) is 4.15. The summed E-state index contributed by atoms with van der Waals surface area (Å²) < 4.78 is 5.29. The van der Waals surface area contributed by atoms with E-state index in [1.807, 2.05) is 18.7 Å². The van der Waals surface area contributed by atoms with E-state index in [4.69, 9.17) is 4.74 Å². The summed E-state index contributed by atoms with van der Waals surface area (Å²) in [6, 6.07) is 1.45. The lowest BCUT2D eigenvalue weighted by Crippen LogP contribution is -2.26. The average Bonchev–Trinajstić information content (AvgIpc) is 2.80. The molecule has 0 saturated carbocycles. The Morgan fingerprint density at radius 1 is 1.58 bits per heavy atom. The fraction of sp³-hybridized carbons (Fsp3) is 0.667. The number of aliphatic hydroxyl groups excluding tert-OH is 1. The Morgan fingerprint density at radius 2 is 2.26 bits per heavy atom. The van der Waals surface area contributed by atoms with Gasteiger partial charge in [0.1, 0.15) is 0 Å². The smallest absolute Gasteiger partial charge is 0.304 e. The van der Waals surface area contributed by atoms with Crippen LogP contribution in [0.5, 0.6) is 0 Å². The van der Waals surface area contributed by atoms with E-state index in [9.17, 15) is 15.2 Å². The monoisotopic (exact) mass is 288 g/mol. The van der Waals surface area contributed by atoms with Gasteiger partial charge in [0.05, 0.1) is 17.6 Å². The Kier molecular flexibility index (Phi) is 6.20. The van der Waals surface area contributed by atoms with Crippen molar-refractivity contribution in [1.82, 2.24) is 0 Å². The molecule has 0 radical (unpaired) electrons. The fourth-order valence-corrected chi connectivity index (χ4v) is 2.83. The van der Waals surface area contributed by atoms with Crippen LogP contribution in [0, 0.1) is 10.1 Å². The number of hydrogen-bond acceptors (Lipinski definition) is 6. The number of hydrogen-bond donors (Lipinski definition) is 1. The largest absolute Gasteiger partial charge is 0.388 e. The zero-order valence-corrected chi connectivity index (χ0v) is 12.3. The SMILES string of the molecule is CCOCCN(CC)c1sc(C(C)O)cc1[N+](=O)[O-]. The van der Waals surface area contributed by atoms with Crippen LogP contribution in [0.25, 0.3) is 0 Å². The van der Waals surface area contributed by atoms with Crippen LogP contribution >= 0.6 is 11.3 Å². The number of rotatable bonds is 8. The normalized spacial score (nSPS) is 12.4. The van der Waals surface area contributed by atoms with Crippen molar-refractivity contribution in [2.24, 2.45) is 0 Å². The summed E-state index contributed by atoms with van der Waals surface area (Å²) in [5.74, 6) is 0. The summed E-state index contributed by atoms with van der Waals surface area (Å²) in [5, 5.41) is 21.2. The van der Waals surface area contributed by atoms with Gasteiger partial charge < -0.3 is 14.7 Å². The molecule has 1 unspecified atom stereocenters. The van der Waals surface area contributed by atoms with E-state index in [2.05, 4.69) is 0 Å². The molecule has 19 heavy (non-hydrogen) atoms. The number of nitrogens with zero attached hydrogens (tertiary/aromatic N) is 2. The number of anilines is 1. The van der Waals surface area contributed by atoms with Crippen molar-refractivity contribution in [2.45, 2.75) is 26.9 Å². The van der Waals surface area contributed by atoms with Crippen LogP contribution in [-0.4, -0.2) is 36.3 Å². The summed E-state index contributed by atoms with van der Waals surface area (Å²) >= 11 is 1.27. The minimum atomic E-state index is -0.692. The topological polar surface area (TPSA) is 75.8 Å². The molecule has 108 valence electrons. The number of nitro groups is 1. The third-order valence-corrected chi connectivity index (χ3v) is 4.06. The van der Waals surface area contributed by atoms with Crippen LogP contribution in [-0.2, 0) is 4.74 Å². The van der Waals surface area contributed by atoms with Crippen molar-refractivity contribution in [3.05, 3.63) is 21.1 Å². The molecule has 0 aliphatic carbocycles. The van der Waals surface area contributed by atoms with Gasteiger partial charge in [-0.1, -0.05) is 0 Å². The highest BCUT2D eigenvalue weighted by molar-refractivity contribution is 7.16. The van der Waals surface area contributed by atoms with Gasteiger partial charge in [0.2, 0.25) is 0 Å². The molecular formula is C12H20N2O4S. The minimum Gasteiger partial charge on any atom is -0.388 e. The van der Waals surface area contributed by atoms with Crippen molar-refractivity contribution in [3.63, 3.8) is 0 Å². The first kappa shape index (κ1) is 15.9. The second-order valence-electron chi connectivity index (χ2n) is 4.05. The lowest BCUT2D eigenvalue weighted by molar-refractivity contribution is -0.383. The fourth-order valence-electron chi connectivity index (χ4n) is 1.68. The van der Waals surface area contributed by atoms with E-state index < -0.39 is 11.0 Å².